The summed E-state index contributed by atoms with van der Waals surface area (Å²) in [6, 6.07) is 0. The third kappa shape index (κ3) is 29.3. The van der Waals surface area contributed by atoms with Crippen LogP contribution in [0, 0.1) is 0 Å². The molecule has 0 atom stereocenters. The van der Waals surface area contributed by atoms with Crippen molar-refractivity contribution in [3.05, 3.63) is 24.3 Å². The quantitative estimate of drug-likeness (QED) is 0.0307. The molecule has 0 spiro atoms. The number of ether oxygens (including phenoxy) is 2. The number of allylic oxidation sites excluding steroid dienone is 2. The summed E-state index contributed by atoms with van der Waals surface area (Å²) in [4.78, 5) is 24.0. The Balaban J connectivity index is 4.14. The van der Waals surface area contributed by atoms with Gasteiger partial charge >= 0.3 is 11.9 Å². The molecule has 0 aromatic carbocycles. The molecule has 0 aliphatic rings. The van der Waals surface area contributed by atoms with E-state index in [-0.39, 0.29) is 17.0 Å². The van der Waals surface area contributed by atoms with Gasteiger partial charge in [0.05, 0.1) is 0 Å². The molecule has 0 saturated heterocycles. The lowest BCUT2D eigenvalue weighted by Crippen LogP contribution is -2.44. The van der Waals surface area contributed by atoms with Crippen molar-refractivity contribution in [1.82, 2.24) is 0 Å². The van der Waals surface area contributed by atoms with Crippen LogP contribution >= 0.6 is 0 Å². The largest absolute Gasteiger partial charge is 0.461 e. The van der Waals surface area contributed by atoms with Crippen molar-refractivity contribution in [2.45, 2.75) is 213 Å². The fourth-order valence-corrected chi connectivity index (χ4v) is 6.80. The Labute approximate surface area is 293 Å². The molecule has 0 amide bonds. The second kappa shape index (κ2) is 30.6. The molecular formula is C41H78O5Si. The minimum absolute atomic E-state index is 0.0698. The minimum Gasteiger partial charge on any atom is -0.461 e. The molecule has 0 N–H and O–H groups in total. The Morgan fingerprint density at radius 3 is 1.34 bits per heavy atom. The molecule has 0 aromatic rings. The van der Waals surface area contributed by atoms with Crippen LogP contribution in [0.2, 0.25) is 18.1 Å². The first-order chi connectivity index (χ1) is 22.5. The number of carbonyl (C=O) groups is 2. The second-order valence-electron chi connectivity index (χ2n) is 15.1. The SMILES string of the molecule is CCCCCCC=CCOC(=O)CCCCCCCC(CCCCCCCC(=O)OCC=CCCCCCC)O[Si](C)(C)C(C)(C)C. The van der Waals surface area contributed by atoms with Gasteiger partial charge in [0.2, 0.25) is 0 Å². The highest BCUT2D eigenvalue weighted by Crippen LogP contribution is 2.38. The third-order valence-electron chi connectivity index (χ3n) is 9.54. The maximum Gasteiger partial charge on any atom is 0.306 e. The third-order valence-corrected chi connectivity index (χ3v) is 14.1. The van der Waals surface area contributed by atoms with Gasteiger partial charge in [-0.15, -0.1) is 0 Å². The van der Waals surface area contributed by atoms with Crippen LogP contribution in [0.5, 0.6) is 0 Å². The normalized spacial score (nSPS) is 13.1. The summed E-state index contributed by atoms with van der Waals surface area (Å²) < 4.78 is 17.6. The molecule has 0 saturated carbocycles. The summed E-state index contributed by atoms with van der Waals surface area (Å²) in [6.45, 7) is 17.0. The van der Waals surface area contributed by atoms with Gasteiger partial charge in [0.15, 0.2) is 8.32 Å². The summed E-state index contributed by atoms with van der Waals surface area (Å²) >= 11 is 0. The predicted molar refractivity (Wildman–Crippen MR) is 204 cm³/mol. The fraction of sp³-hybridized carbons (Fsp3) is 0.854. The van der Waals surface area contributed by atoms with Crippen molar-refractivity contribution in [2.24, 2.45) is 0 Å². The summed E-state index contributed by atoms with van der Waals surface area (Å²) in [6.07, 6.45) is 35.3. The number of rotatable bonds is 32. The molecule has 5 nitrogen and oxygen atoms in total. The van der Waals surface area contributed by atoms with Crippen LogP contribution in [0.25, 0.3) is 0 Å². The van der Waals surface area contributed by atoms with Gasteiger partial charge in [0, 0.05) is 18.9 Å². The van der Waals surface area contributed by atoms with E-state index in [0.717, 1.165) is 64.2 Å². The molecule has 0 aliphatic heterocycles. The minimum atomic E-state index is -1.82. The molecule has 0 unspecified atom stereocenters. The van der Waals surface area contributed by atoms with E-state index in [1.807, 2.05) is 12.2 Å². The monoisotopic (exact) mass is 679 g/mol. The van der Waals surface area contributed by atoms with Crippen LogP contribution in [0.15, 0.2) is 24.3 Å². The first kappa shape index (κ1) is 45.6. The maximum atomic E-state index is 12.0. The lowest BCUT2D eigenvalue weighted by Gasteiger charge is -2.39. The molecule has 0 bridgehead atoms. The molecule has 0 fully saturated rings. The van der Waals surface area contributed by atoms with Crippen molar-refractivity contribution in [3.8, 4) is 0 Å². The highest BCUT2D eigenvalue weighted by atomic mass is 28.4. The van der Waals surface area contributed by atoms with Gasteiger partial charge in [0.25, 0.3) is 0 Å². The van der Waals surface area contributed by atoms with Crippen molar-refractivity contribution in [1.29, 1.82) is 0 Å². The van der Waals surface area contributed by atoms with Crippen molar-refractivity contribution >= 4 is 20.3 Å². The Hall–Kier alpha value is -1.40. The number of esters is 2. The van der Waals surface area contributed by atoms with E-state index in [4.69, 9.17) is 13.9 Å². The van der Waals surface area contributed by atoms with Crippen LogP contribution in [0.1, 0.15) is 189 Å². The van der Waals surface area contributed by atoms with Crippen LogP contribution in [0.4, 0.5) is 0 Å². The lowest BCUT2D eigenvalue weighted by molar-refractivity contribution is -0.143. The molecule has 0 heterocycles. The van der Waals surface area contributed by atoms with Crippen molar-refractivity contribution in [2.75, 3.05) is 13.2 Å². The zero-order valence-electron chi connectivity index (χ0n) is 32.3. The van der Waals surface area contributed by atoms with Crippen LogP contribution in [-0.2, 0) is 23.5 Å². The molecule has 0 aliphatic carbocycles. The van der Waals surface area contributed by atoms with E-state index in [1.165, 1.54) is 77.0 Å². The van der Waals surface area contributed by atoms with E-state index in [1.54, 1.807) is 0 Å². The highest BCUT2D eigenvalue weighted by molar-refractivity contribution is 6.74. The smallest absolute Gasteiger partial charge is 0.306 e. The summed E-state index contributed by atoms with van der Waals surface area (Å²) in [5.74, 6) is -0.140. The zero-order chi connectivity index (χ0) is 35.1. The average Bonchev–Trinajstić information content (AvgIpc) is 3.01. The first-order valence-electron chi connectivity index (χ1n) is 19.8. The van der Waals surface area contributed by atoms with E-state index in [9.17, 15) is 9.59 Å². The molecular weight excluding hydrogens is 601 g/mol. The predicted octanol–water partition coefficient (Wildman–Crippen LogP) is 13.0. The van der Waals surface area contributed by atoms with E-state index >= 15 is 0 Å². The molecule has 0 rings (SSSR count). The van der Waals surface area contributed by atoms with Gasteiger partial charge in [-0.2, -0.15) is 0 Å². The second-order valence-corrected chi connectivity index (χ2v) is 19.9. The molecule has 276 valence electrons. The van der Waals surface area contributed by atoms with Gasteiger partial charge in [-0.25, -0.2) is 0 Å². The molecule has 6 heteroatoms. The van der Waals surface area contributed by atoms with Gasteiger partial charge < -0.3 is 13.9 Å². The van der Waals surface area contributed by atoms with Gasteiger partial charge in [-0.1, -0.05) is 149 Å². The molecule has 0 radical (unpaired) electrons. The Morgan fingerprint density at radius 2 is 0.936 bits per heavy atom. The van der Waals surface area contributed by atoms with Gasteiger partial charge in [0.1, 0.15) is 13.2 Å². The van der Waals surface area contributed by atoms with Crippen molar-refractivity contribution in [3.63, 3.8) is 0 Å². The summed E-state index contributed by atoms with van der Waals surface area (Å²) in [7, 11) is -1.82. The topological polar surface area (TPSA) is 61.8 Å². The molecule has 0 aromatic heterocycles. The van der Waals surface area contributed by atoms with Gasteiger partial charge in [-0.05, 0) is 69.5 Å². The van der Waals surface area contributed by atoms with E-state index in [0.29, 0.717) is 32.2 Å². The number of unbranched alkanes of at least 4 members (excludes halogenated alkanes) is 16. The van der Waals surface area contributed by atoms with E-state index in [2.05, 4.69) is 59.9 Å². The Kier molecular flexibility index (Phi) is 29.7. The van der Waals surface area contributed by atoms with Crippen LogP contribution in [0.3, 0.4) is 0 Å². The molecule has 47 heavy (non-hydrogen) atoms. The van der Waals surface area contributed by atoms with E-state index < -0.39 is 8.32 Å². The fourth-order valence-electron chi connectivity index (χ4n) is 5.38. The maximum absolute atomic E-state index is 12.0. The van der Waals surface area contributed by atoms with Crippen LogP contribution < -0.4 is 0 Å². The lowest BCUT2D eigenvalue weighted by atomic mass is 10.0. The summed E-state index contributed by atoms with van der Waals surface area (Å²) in [5.41, 5.74) is 0. The van der Waals surface area contributed by atoms with Crippen molar-refractivity contribution < 1.29 is 23.5 Å². The summed E-state index contributed by atoms with van der Waals surface area (Å²) in [5, 5.41) is 0.212. The first-order valence-corrected chi connectivity index (χ1v) is 22.7. The Bertz CT molecular complexity index is 746. The number of carbonyl (C=O) groups excluding carboxylic acids is 2. The standard InChI is InChI=1S/C41H78O5Si/c1-8-10-12-14-16-24-30-36-44-39(42)34-28-22-18-20-26-32-38(46-47(6,7)41(3,4)5)33-27-21-19-23-29-35-40(43)45-37-31-25-17-15-13-11-9-2/h24-25,30-31,38H,8-23,26-29,32-37H2,1-7H3. The highest BCUT2D eigenvalue weighted by Gasteiger charge is 2.38. The number of hydrogen-bond acceptors (Lipinski definition) is 5. The number of hydrogen-bond donors (Lipinski definition) is 0. The Morgan fingerprint density at radius 1 is 0.553 bits per heavy atom. The van der Waals surface area contributed by atoms with Crippen LogP contribution in [-0.4, -0.2) is 39.6 Å². The van der Waals surface area contributed by atoms with Gasteiger partial charge in [-0.3, -0.25) is 9.59 Å². The zero-order valence-corrected chi connectivity index (χ0v) is 33.3. The average molecular weight is 679 g/mol.